The summed E-state index contributed by atoms with van der Waals surface area (Å²) in [5, 5.41) is 0. The van der Waals surface area contributed by atoms with Crippen LogP contribution in [0.5, 0.6) is 5.75 Å². The molecule has 0 aliphatic rings. The van der Waals surface area contributed by atoms with Crippen LogP contribution in [0.3, 0.4) is 0 Å². The average molecular weight is 309 g/mol. The second-order valence-corrected chi connectivity index (χ2v) is 5.42. The quantitative estimate of drug-likeness (QED) is 0.679. The van der Waals surface area contributed by atoms with Gasteiger partial charge in [0.25, 0.3) is 0 Å². The summed E-state index contributed by atoms with van der Waals surface area (Å²) in [6.45, 7) is 12.8. The molecule has 1 rings (SSSR count). The van der Waals surface area contributed by atoms with Crippen molar-refractivity contribution >= 4 is 0 Å². The summed E-state index contributed by atoms with van der Waals surface area (Å²) >= 11 is 0. The molecule has 0 saturated carbocycles. The molecule has 0 spiro atoms. The van der Waals surface area contributed by atoms with Gasteiger partial charge < -0.3 is 10.7 Å². The Balaban J connectivity index is 0. The molecule has 1 aromatic rings. The largest absolute Gasteiger partial charge is 0.665 e. The second kappa shape index (κ2) is 9.11. The fraction of sp³-hybridized carbons (Fsp3) is 0.467. The molecule has 0 aliphatic heterocycles. The summed E-state index contributed by atoms with van der Waals surface area (Å²) in [5.41, 5.74) is 1.52. The zero-order valence-corrected chi connectivity index (χ0v) is 14.8. The van der Waals surface area contributed by atoms with Gasteiger partial charge in [0.2, 0.25) is 0 Å². The van der Waals surface area contributed by atoms with E-state index in [9.17, 15) is 0 Å². The number of hydrogen-bond donors (Lipinski definition) is 0. The minimum absolute atomic E-state index is 0. The second-order valence-electron chi connectivity index (χ2n) is 5.42. The summed E-state index contributed by atoms with van der Waals surface area (Å²) in [6, 6.07) is 8.02. The predicted octanol–water partition coefficient (Wildman–Crippen LogP) is 4.77. The van der Waals surface area contributed by atoms with Gasteiger partial charge in [-0.05, 0) is 23.1 Å². The van der Waals surface area contributed by atoms with Crippen LogP contribution in [0.15, 0.2) is 24.3 Å². The van der Waals surface area contributed by atoms with E-state index in [2.05, 4.69) is 60.8 Å². The number of benzene rings is 1. The van der Waals surface area contributed by atoms with Gasteiger partial charge in [-0.2, -0.15) is 27.9 Å². The Morgan fingerprint density at radius 2 is 1.35 bits per heavy atom. The van der Waals surface area contributed by atoms with E-state index in [0.717, 1.165) is 5.75 Å². The first-order valence-electron chi connectivity index (χ1n) is 5.56. The first-order valence-corrected chi connectivity index (χ1v) is 5.56. The molecule has 0 aromatic heterocycles. The van der Waals surface area contributed by atoms with Crippen LogP contribution in [-0.4, -0.2) is 0 Å². The molecule has 1 aromatic carbocycles. The number of rotatable bonds is 1. The van der Waals surface area contributed by atoms with E-state index in [1.54, 1.807) is 0 Å². The molecule has 0 saturated heterocycles. The van der Waals surface area contributed by atoms with Crippen molar-refractivity contribution in [3.05, 3.63) is 42.9 Å². The minimum atomic E-state index is 0. The molecule has 2 heteroatoms. The Bertz CT molecular complexity index is 280. The Hall–Kier alpha value is 0.124. The maximum Gasteiger partial charge on any atom is 0.0843 e. The monoisotopic (exact) mass is 309 g/mol. The third-order valence-corrected chi connectivity index (χ3v) is 1.89. The van der Waals surface area contributed by atoms with Crippen molar-refractivity contribution < 1.29 is 37.4 Å². The third-order valence-electron chi connectivity index (χ3n) is 1.89. The van der Waals surface area contributed by atoms with Crippen molar-refractivity contribution in [2.24, 2.45) is 0 Å². The molecule has 0 N–H and O–H groups in total. The number of ether oxygens (including phenoxy) is 1. The van der Waals surface area contributed by atoms with Gasteiger partial charge in [-0.1, -0.05) is 32.9 Å². The van der Waals surface area contributed by atoms with Gasteiger partial charge in [0.15, 0.2) is 0 Å². The topological polar surface area (TPSA) is 9.23 Å². The van der Waals surface area contributed by atoms with Crippen LogP contribution in [0.1, 0.15) is 47.1 Å². The van der Waals surface area contributed by atoms with E-state index in [-0.39, 0.29) is 38.1 Å². The van der Waals surface area contributed by atoms with Crippen molar-refractivity contribution in [3.8, 4) is 5.75 Å². The third kappa shape index (κ3) is 9.79. The molecule has 0 heterocycles. The molecule has 17 heavy (non-hydrogen) atoms. The maximum absolute atomic E-state index is 4.83. The first kappa shape index (κ1) is 19.5. The van der Waals surface area contributed by atoms with Crippen LogP contribution in [0.2, 0.25) is 0 Å². The van der Waals surface area contributed by atoms with Gasteiger partial charge in [-0.3, -0.25) is 0 Å². The van der Waals surface area contributed by atoms with Gasteiger partial charge in [0.1, 0.15) is 0 Å². The standard InChI is InChI=1S/C11H15O.C4H9.Y/c1-11(2,3)9-5-7-10(12-4)8-6-9;1-4(2)3;/h5-8H,4H2,1-3H3;1-3H3;/q2*-1;. The molecule has 0 amide bonds. The summed E-state index contributed by atoms with van der Waals surface area (Å²) in [6.07, 6.45) is 0. The smallest absolute Gasteiger partial charge is 0.0843 e. The van der Waals surface area contributed by atoms with E-state index in [0.29, 0.717) is 0 Å². The van der Waals surface area contributed by atoms with Crippen molar-refractivity contribution in [1.29, 1.82) is 0 Å². The van der Waals surface area contributed by atoms with Crippen LogP contribution in [0.4, 0.5) is 0 Å². The number of hydrogen-bond acceptors (Lipinski definition) is 1. The van der Waals surface area contributed by atoms with Gasteiger partial charge in [-0.15, -0.1) is 0 Å². The first-order chi connectivity index (χ1) is 7.27. The maximum atomic E-state index is 4.83. The van der Waals surface area contributed by atoms with E-state index in [1.165, 1.54) is 11.5 Å². The van der Waals surface area contributed by atoms with Crippen molar-refractivity contribution in [2.75, 3.05) is 0 Å². The van der Waals surface area contributed by atoms with Gasteiger partial charge in [0, 0.05) is 32.7 Å². The Labute approximate surface area is 132 Å². The van der Waals surface area contributed by atoms with E-state index in [1.807, 2.05) is 12.1 Å². The van der Waals surface area contributed by atoms with E-state index < -0.39 is 0 Å². The average Bonchev–Trinajstić information content (AvgIpc) is 2.16. The van der Waals surface area contributed by atoms with Crippen LogP contribution in [-0.2, 0) is 38.1 Å². The predicted molar refractivity (Wildman–Crippen MR) is 71.4 cm³/mol. The summed E-state index contributed by atoms with van der Waals surface area (Å²) < 4.78 is 4.83. The van der Waals surface area contributed by atoms with Crippen LogP contribution in [0.25, 0.3) is 0 Å². The van der Waals surface area contributed by atoms with E-state index >= 15 is 0 Å². The normalized spacial score (nSPS) is 10.1. The molecule has 1 nitrogen and oxygen atoms in total. The molecule has 0 fully saturated rings. The Kier molecular flexibility index (Phi) is 10.4. The van der Waals surface area contributed by atoms with Gasteiger partial charge in [0.05, 0.1) is 5.75 Å². The van der Waals surface area contributed by atoms with Gasteiger partial charge in [-0.25, -0.2) is 0 Å². The Morgan fingerprint density at radius 1 is 1.00 bits per heavy atom. The summed E-state index contributed by atoms with van der Waals surface area (Å²) in [4.78, 5) is 0. The molecular weight excluding hydrogens is 285 g/mol. The molecule has 0 atom stereocenters. The molecule has 0 unspecified atom stereocenters. The fourth-order valence-corrected chi connectivity index (χ4v) is 1.05. The van der Waals surface area contributed by atoms with Crippen LogP contribution in [0, 0.1) is 13.0 Å². The van der Waals surface area contributed by atoms with E-state index in [4.69, 9.17) is 4.74 Å². The summed E-state index contributed by atoms with van der Waals surface area (Å²) in [7, 11) is 3.35. The fourth-order valence-electron chi connectivity index (χ4n) is 1.05. The van der Waals surface area contributed by atoms with Crippen molar-refractivity contribution in [2.45, 2.75) is 47.0 Å². The van der Waals surface area contributed by atoms with Crippen LogP contribution >= 0.6 is 0 Å². The molecule has 95 valence electrons. The van der Waals surface area contributed by atoms with Crippen molar-refractivity contribution in [3.63, 3.8) is 0 Å². The molecule has 0 bridgehead atoms. The minimum Gasteiger partial charge on any atom is -0.665 e. The molecule has 1 radical (unpaired) electrons. The Morgan fingerprint density at radius 3 is 1.59 bits per heavy atom. The van der Waals surface area contributed by atoms with Crippen LogP contribution < -0.4 is 4.74 Å². The SMILES string of the molecule is C[C-](C)C.[CH2-]Oc1ccc(C(C)(C)C)cc1.[Y]. The zero-order chi connectivity index (χ0) is 12.8. The molecule has 0 aliphatic carbocycles. The summed E-state index contributed by atoms with van der Waals surface area (Å²) in [5.74, 6) is 2.23. The molecular formula is C15H24OY-2. The van der Waals surface area contributed by atoms with Crippen molar-refractivity contribution in [1.82, 2.24) is 0 Å². The zero-order valence-electron chi connectivity index (χ0n) is 12.0. The van der Waals surface area contributed by atoms with Gasteiger partial charge >= 0.3 is 0 Å².